The second-order valence-electron chi connectivity index (χ2n) is 6.53. The molecule has 0 aliphatic heterocycles. The summed E-state index contributed by atoms with van der Waals surface area (Å²) in [4.78, 5) is 7.75. The Morgan fingerprint density at radius 1 is 1.07 bits per heavy atom. The van der Waals surface area contributed by atoms with E-state index in [4.69, 9.17) is 4.42 Å². The summed E-state index contributed by atoms with van der Waals surface area (Å²) in [6.07, 6.45) is 1.57. The van der Waals surface area contributed by atoms with E-state index in [9.17, 15) is 0 Å². The molecule has 0 aliphatic carbocycles. The first-order chi connectivity index (χ1) is 14.2. The minimum Gasteiger partial charge on any atom is -0.455 e. The highest BCUT2D eigenvalue weighted by Crippen LogP contribution is 2.25. The van der Waals surface area contributed by atoms with Crippen LogP contribution in [0.15, 0.2) is 68.6 Å². The Morgan fingerprint density at radius 3 is 2.79 bits per heavy atom. The highest BCUT2D eigenvalue weighted by atomic mass is 79.9. The average molecular weight is 447 g/mol. The van der Waals surface area contributed by atoms with E-state index in [0.29, 0.717) is 17.4 Å². The molecular weight excluding hydrogens is 432 g/mol. The number of benzene rings is 2. The summed E-state index contributed by atoms with van der Waals surface area (Å²) in [7, 11) is 0. The largest absolute Gasteiger partial charge is 0.455 e. The Kier molecular flexibility index (Phi) is 4.33. The van der Waals surface area contributed by atoms with Crippen LogP contribution in [0.5, 0.6) is 0 Å². The zero-order valence-electron chi connectivity index (χ0n) is 15.3. The van der Waals surface area contributed by atoms with Gasteiger partial charge < -0.3 is 9.40 Å². The molecule has 0 fully saturated rings. The lowest BCUT2D eigenvalue weighted by Gasteiger charge is -1.97. The molecule has 0 saturated carbocycles. The van der Waals surface area contributed by atoms with Crippen LogP contribution in [0.25, 0.3) is 33.4 Å². The van der Waals surface area contributed by atoms with Gasteiger partial charge in [0.05, 0.1) is 11.7 Å². The topological polar surface area (TPSA) is 92.0 Å². The van der Waals surface area contributed by atoms with Crippen molar-refractivity contribution in [3.05, 3.63) is 70.4 Å². The number of anilines is 1. The maximum absolute atomic E-state index is 5.80. The molecular formula is C21H15BrN6O. The molecule has 0 amide bonds. The van der Waals surface area contributed by atoms with E-state index in [1.807, 2.05) is 61.5 Å². The molecule has 5 aromatic rings. The van der Waals surface area contributed by atoms with E-state index >= 15 is 0 Å². The maximum Gasteiger partial charge on any atom is 0.265 e. The predicted octanol–water partition coefficient (Wildman–Crippen LogP) is 5.28. The van der Waals surface area contributed by atoms with Crippen LogP contribution in [0.1, 0.15) is 11.3 Å². The Morgan fingerprint density at radius 2 is 1.93 bits per heavy atom. The lowest BCUT2D eigenvalue weighted by atomic mass is 10.1. The molecule has 142 valence electrons. The molecule has 0 atom stereocenters. The molecule has 8 heteroatoms. The number of aromatic nitrogens is 4. The summed E-state index contributed by atoms with van der Waals surface area (Å²) in [5, 5.41) is 13.6. The summed E-state index contributed by atoms with van der Waals surface area (Å²) in [5.41, 5.74) is 7.34. The normalized spacial score (nSPS) is 11.7. The van der Waals surface area contributed by atoms with Gasteiger partial charge in [-0.2, -0.15) is 10.1 Å². The third-order valence-corrected chi connectivity index (χ3v) is 5.10. The van der Waals surface area contributed by atoms with E-state index in [-0.39, 0.29) is 0 Å². The van der Waals surface area contributed by atoms with Gasteiger partial charge in [-0.15, -0.1) is 10.2 Å². The number of fused-ring (bicyclic) bond motifs is 3. The van der Waals surface area contributed by atoms with Gasteiger partial charge in [-0.25, -0.2) is 5.43 Å². The van der Waals surface area contributed by atoms with Crippen LogP contribution < -0.4 is 5.43 Å². The first-order valence-corrected chi connectivity index (χ1v) is 9.73. The van der Waals surface area contributed by atoms with Crippen LogP contribution in [0.3, 0.4) is 0 Å². The molecule has 3 aromatic heterocycles. The number of aryl methyl sites for hydroxylation is 1. The number of nitrogens with one attached hydrogen (secondary N) is 2. The van der Waals surface area contributed by atoms with Crippen LogP contribution >= 0.6 is 15.9 Å². The van der Waals surface area contributed by atoms with Crippen molar-refractivity contribution < 1.29 is 4.42 Å². The van der Waals surface area contributed by atoms with E-state index < -0.39 is 0 Å². The van der Waals surface area contributed by atoms with E-state index in [1.165, 1.54) is 0 Å². The van der Waals surface area contributed by atoms with Crippen LogP contribution in [-0.2, 0) is 0 Å². The van der Waals surface area contributed by atoms with Crippen molar-refractivity contribution in [2.75, 3.05) is 5.43 Å². The minimum atomic E-state index is 0.303. The Bertz CT molecular complexity index is 1350. The number of rotatable bonds is 4. The Hall–Kier alpha value is -3.52. The van der Waals surface area contributed by atoms with Gasteiger partial charge in [0.15, 0.2) is 5.65 Å². The first kappa shape index (κ1) is 17.6. The molecule has 0 aliphatic rings. The van der Waals surface area contributed by atoms with Gasteiger partial charge >= 0.3 is 0 Å². The van der Waals surface area contributed by atoms with Gasteiger partial charge in [0.1, 0.15) is 17.0 Å². The number of furan rings is 1. The average Bonchev–Trinajstić information content (AvgIpc) is 3.34. The van der Waals surface area contributed by atoms with Crippen LogP contribution in [0, 0.1) is 6.92 Å². The predicted molar refractivity (Wildman–Crippen MR) is 117 cm³/mol. The summed E-state index contributed by atoms with van der Waals surface area (Å²) in [5.74, 6) is 1.69. The van der Waals surface area contributed by atoms with Crippen molar-refractivity contribution in [2.24, 2.45) is 5.10 Å². The van der Waals surface area contributed by atoms with E-state index in [1.54, 1.807) is 6.21 Å². The first-order valence-electron chi connectivity index (χ1n) is 8.94. The quantitative estimate of drug-likeness (QED) is 0.289. The highest BCUT2D eigenvalue weighted by molar-refractivity contribution is 9.10. The summed E-state index contributed by atoms with van der Waals surface area (Å²) in [6, 6.07) is 17.7. The standard InChI is InChI=1S/C21H15BrN6O/c1-12-3-2-4-16-18(12)24-20-19(16)26-28-21(25-20)27-23-11-15-9-10-17(29-15)13-5-7-14(22)8-6-13/h2-11H,1H3,(H2,24,25,27,28)/b23-11+. The third-order valence-electron chi connectivity index (χ3n) is 4.57. The number of para-hydroxylation sites is 1. The summed E-state index contributed by atoms with van der Waals surface area (Å²) >= 11 is 3.43. The molecule has 0 unspecified atom stereocenters. The number of H-pyrrole nitrogens is 1. The second kappa shape index (κ2) is 7.14. The number of nitrogens with zero attached hydrogens (tertiary/aromatic N) is 4. The number of hydrogen-bond donors (Lipinski definition) is 2. The van der Waals surface area contributed by atoms with Gasteiger partial charge in [-0.05, 0) is 36.8 Å². The molecule has 3 heterocycles. The molecule has 5 rings (SSSR count). The molecule has 0 radical (unpaired) electrons. The fourth-order valence-corrected chi connectivity index (χ4v) is 3.40. The number of halogens is 1. The fraction of sp³-hybridized carbons (Fsp3) is 0.0476. The zero-order valence-corrected chi connectivity index (χ0v) is 16.9. The third kappa shape index (κ3) is 3.38. The molecule has 2 aromatic carbocycles. The SMILES string of the molecule is Cc1cccc2c1[nH]c1nc(N/N=C/c3ccc(-c4ccc(Br)cc4)o3)nnc12. The van der Waals surface area contributed by atoms with E-state index in [0.717, 1.165) is 37.8 Å². The molecule has 0 saturated heterocycles. The number of hydrogen-bond acceptors (Lipinski definition) is 6. The van der Waals surface area contributed by atoms with Gasteiger partial charge in [-0.3, -0.25) is 0 Å². The van der Waals surface area contributed by atoms with Gasteiger partial charge in [-0.1, -0.05) is 46.3 Å². The zero-order chi connectivity index (χ0) is 19.8. The van der Waals surface area contributed by atoms with Gasteiger partial charge in [0, 0.05) is 15.4 Å². The fourth-order valence-electron chi connectivity index (χ4n) is 3.14. The van der Waals surface area contributed by atoms with Gasteiger partial charge in [0.2, 0.25) is 0 Å². The minimum absolute atomic E-state index is 0.303. The number of hydrazone groups is 1. The maximum atomic E-state index is 5.80. The molecule has 0 bridgehead atoms. The van der Waals surface area contributed by atoms with E-state index in [2.05, 4.69) is 46.6 Å². The van der Waals surface area contributed by atoms with Crippen LogP contribution in [0.4, 0.5) is 5.95 Å². The molecule has 7 nitrogen and oxygen atoms in total. The highest BCUT2D eigenvalue weighted by Gasteiger charge is 2.10. The summed E-state index contributed by atoms with van der Waals surface area (Å²) in [6.45, 7) is 2.04. The molecule has 29 heavy (non-hydrogen) atoms. The molecule has 0 spiro atoms. The van der Waals surface area contributed by atoms with Crippen molar-refractivity contribution in [3.63, 3.8) is 0 Å². The monoisotopic (exact) mass is 446 g/mol. The van der Waals surface area contributed by atoms with Crippen molar-refractivity contribution >= 4 is 50.2 Å². The van der Waals surface area contributed by atoms with Crippen LogP contribution in [0.2, 0.25) is 0 Å². The number of aromatic amines is 1. The van der Waals surface area contributed by atoms with Crippen LogP contribution in [-0.4, -0.2) is 26.4 Å². The lowest BCUT2D eigenvalue weighted by Crippen LogP contribution is -1.98. The lowest BCUT2D eigenvalue weighted by molar-refractivity contribution is 0.575. The van der Waals surface area contributed by atoms with Crippen molar-refractivity contribution in [3.8, 4) is 11.3 Å². The van der Waals surface area contributed by atoms with Gasteiger partial charge in [0.25, 0.3) is 5.95 Å². The van der Waals surface area contributed by atoms with Crippen molar-refractivity contribution in [2.45, 2.75) is 6.92 Å². The summed E-state index contributed by atoms with van der Waals surface area (Å²) < 4.78 is 6.83. The van der Waals surface area contributed by atoms with Crippen molar-refractivity contribution in [1.82, 2.24) is 20.2 Å². The Labute approximate surface area is 174 Å². The second-order valence-corrected chi connectivity index (χ2v) is 7.45. The van der Waals surface area contributed by atoms with Crippen molar-refractivity contribution in [1.29, 1.82) is 0 Å². The Balaban J connectivity index is 1.35. The smallest absolute Gasteiger partial charge is 0.265 e. The molecule has 2 N–H and O–H groups in total.